The third-order valence-corrected chi connectivity index (χ3v) is 5.80. The number of hydrogen-bond acceptors (Lipinski definition) is 8. The fraction of sp³-hybridized carbons (Fsp3) is 0.526. The summed E-state index contributed by atoms with van der Waals surface area (Å²) in [4.78, 5) is 19.8. The van der Waals surface area contributed by atoms with Crippen molar-refractivity contribution in [1.82, 2.24) is 19.9 Å². The van der Waals surface area contributed by atoms with Crippen molar-refractivity contribution in [1.29, 1.82) is 5.41 Å². The van der Waals surface area contributed by atoms with Crippen molar-refractivity contribution in [3.05, 3.63) is 30.0 Å². The molecule has 2 fully saturated rings. The molecule has 2 aromatic rings. The molecule has 2 aliphatic heterocycles. The van der Waals surface area contributed by atoms with E-state index >= 15 is 0 Å². The SMILES string of the molecule is N=Cc1ncc(N2CC3(CCN(c4cnc(C(F)(F)F)cn4)CC3)C2)nc1NCC(F)F. The van der Waals surface area contributed by atoms with Gasteiger partial charge in [-0.25, -0.2) is 28.7 Å². The molecule has 2 N–H and O–H groups in total. The molecule has 2 aromatic heterocycles. The highest BCUT2D eigenvalue weighted by Crippen LogP contribution is 2.42. The Balaban J connectivity index is 1.35. The largest absolute Gasteiger partial charge is 0.434 e. The van der Waals surface area contributed by atoms with Crippen LogP contribution in [0.4, 0.5) is 39.4 Å². The summed E-state index contributed by atoms with van der Waals surface area (Å²) < 4.78 is 63.0. The zero-order valence-electron chi connectivity index (χ0n) is 16.9. The maximum Gasteiger partial charge on any atom is 0.434 e. The molecule has 13 heteroatoms. The molecule has 0 radical (unpaired) electrons. The smallest absolute Gasteiger partial charge is 0.362 e. The summed E-state index contributed by atoms with van der Waals surface area (Å²) in [5.41, 5.74) is -0.772. The van der Waals surface area contributed by atoms with Crippen molar-refractivity contribution in [3.63, 3.8) is 0 Å². The first-order valence-electron chi connectivity index (χ1n) is 9.98. The van der Waals surface area contributed by atoms with Gasteiger partial charge in [0.2, 0.25) is 0 Å². The number of halogens is 5. The lowest BCUT2D eigenvalue weighted by Gasteiger charge is -2.54. The molecule has 0 saturated carbocycles. The third kappa shape index (κ3) is 4.55. The molecule has 8 nitrogen and oxygen atoms in total. The summed E-state index contributed by atoms with van der Waals surface area (Å²) in [5, 5.41) is 9.88. The number of nitrogens with one attached hydrogen (secondary N) is 2. The molecule has 4 heterocycles. The Morgan fingerprint density at radius 3 is 2.28 bits per heavy atom. The standard InChI is InChI=1S/C19H21F5N8/c20-14(21)7-29-17-12(5-25)26-9-16(30-17)32-10-18(11-32)1-3-31(4-2-18)15-8-27-13(6-28-15)19(22,23)24/h5-6,8-9,14,25H,1-4,7,10-11H2,(H,29,30). The summed E-state index contributed by atoms with van der Waals surface area (Å²) in [6.07, 6.45) is -1.02. The molecule has 0 aromatic carbocycles. The second kappa shape index (κ2) is 8.43. The van der Waals surface area contributed by atoms with Crippen LogP contribution in [0.25, 0.3) is 0 Å². The van der Waals surface area contributed by atoms with Gasteiger partial charge in [-0.3, -0.25) is 0 Å². The van der Waals surface area contributed by atoms with Crippen molar-refractivity contribution in [2.45, 2.75) is 25.4 Å². The average Bonchev–Trinajstić information content (AvgIpc) is 2.75. The van der Waals surface area contributed by atoms with E-state index in [4.69, 9.17) is 5.41 Å². The average molecular weight is 456 g/mol. The highest BCUT2D eigenvalue weighted by Gasteiger charge is 2.45. The van der Waals surface area contributed by atoms with Crippen LogP contribution in [0.5, 0.6) is 0 Å². The molecule has 0 aliphatic carbocycles. The molecule has 2 aliphatic rings. The van der Waals surface area contributed by atoms with Gasteiger partial charge in [-0.2, -0.15) is 13.2 Å². The summed E-state index contributed by atoms with van der Waals surface area (Å²) in [6.45, 7) is 2.14. The van der Waals surface area contributed by atoms with Gasteiger partial charge in [0, 0.05) is 37.8 Å². The molecule has 2 saturated heterocycles. The van der Waals surface area contributed by atoms with Gasteiger partial charge in [0.15, 0.2) is 11.5 Å². The molecule has 1 spiro atoms. The lowest BCUT2D eigenvalue weighted by Crippen LogP contribution is -2.61. The lowest BCUT2D eigenvalue weighted by molar-refractivity contribution is -0.141. The minimum absolute atomic E-state index is 0.0499. The Bertz CT molecular complexity index is 949. The Morgan fingerprint density at radius 1 is 1.03 bits per heavy atom. The molecule has 32 heavy (non-hydrogen) atoms. The predicted octanol–water partition coefficient (Wildman–Crippen LogP) is 3.07. The van der Waals surface area contributed by atoms with E-state index in [1.807, 2.05) is 9.80 Å². The van der Waals surface area contributed by atoms with Crippen LogP contribution in [0, 0.1) is 10.8 Å². The number of rotatable bonds is 6. The fourth-order valence-electron chi connectivity index (χ4n) is 4.03. The van der Waals surface area contributed by atoms with Crippen molar-refractivity contribution < 1.29 is 22.0 Å². The van der Waals surface area contributed by atoms with Gasteiger partial charge in [-0.1, -0.05) is 0 Å². The first-order valence-corrected chi connectivity index (χ1v) is 9.98. The van der Waals surface area contributed by atoms with Crippen LogP contribution < -0.4 is 15.1 Å². The number of aromatic nitrogens is 4. The highest BCUT2D eigenvalue weighted by atomic mass is 19.4. The van der Waals surface area contributed by atoms with Crippen LogP contribution in [0.1, 0.15) is 24.2 Å². The first-order chi connectivity index (χ1) is 15.2. The molecular weight excluding hydrogens is 435 g/mol. The van der Waals surface area contributed by atoms with E-state index in [1.54, 1.807) is 0 Å². The number of alkyl halides is 5. The molecule has 0 unspecified atom stereocenters. The first kappa shape index (κ1) is 22.1. The van der Waals surface area contributed by atoms with Gasteiger partial charge in [0.25, 0.3) is 6.43 Å². The van der Waals surface area contributed by atoms with E-state index < -0.39 is 24.8 Å². The van der Waals surface area contributed by atoms with Gasteiger partial charge in [-0.15, -0.1) is 0 Å². The number of hydrogen-bond donors (Lipinski definition) is 2. The quantitative estimate of drug-likeness (QED) is 0.510. The van der Waals surface area contributed by atoms with Crippen molar-refractivity contribution >= 4 is 23.7 Å². The maximum atomic E-state index is 12.7. The fourth-order valence-corrected chi connectivity index (χ4v) is 4.03. The summed E-state index contributed by atoms with van der Waals surface area (Å²) in [7, 11) is 0. The Hall–Kier alpha value is -3.12. The molecule has 172 valence electrons. The zero-order valence-corrected chi connectivity index (χ0v) is 16.9. The minimum atomic E-state index is -4.51. The van der Waals surface area contributed by atoms with E-state index in [1.165, 1.54) is 6.20 Å². The Kier molecular flexibility index (Phi) is 5.82. The monoisotopic (exact) mass is 456 g/mol. The van der Waals surface area contributed by atoms with Crippen LogP contribution >= 0.6 is 0 Å². The van der Waals surface area contributed by atoms with E-state index in [2.05, 4.69) is 25.3 Å². The molecule has 4 rings (SSSR count). The van der Waals surface area contributed by atoms with Gasteiger partial charge >= 0.3 is 6.18 Å². The second-order valence-electron chi connectivity index (χ2n) is 7.98. The summed E-state index contributed by atoms with van der Waals surface area (Å²) in [6, 6.07) is 0. The van der Waals surface area contributed by atoms with E-state index in [0.29, 0.717) is 37.8 Å². The van der Waals surface area contributed by atoms with Gasteiger partial charge in [0.1, 0.15) is 17.3 Å². The predicted molar refractivity (Wildman–Crippen MR) is 108 cm³/mol. The number of nitrogens with zero attached hydrogens (tertiary/aromatic N) is 6. The summed E-state index contributed by atoms with van der Waals surface area (Å²) >= 11 is 0. The number of anilines is 3. The van der Waals surface area contributed by atoms with Crippen LogP contribution in [0.3, 0.4) is 0 Å². The van der Waals surface area contributed by atoms with Crippen LogP contribution in [0.15, 0.2) is 18.6 Å². The highest BCUT2D eigenvalue weighted by molar-refractivity contribution is 5.81. The van der Waals surface area contributed by atoms with Gasteiger partial charge in [-0.05, 0) is 12.8 Å². The number of piperidine rings is 1. The normalized spacial score (nSPS) is 18.1. The van der Waals surface area contributed by atoms with Gasteiger partial charge < -0.3 is 20.5 Å². The van der Waals surface area contributed by atoms with E-state index in [0.717, 1.165) is 31.4 Å². The van der Waals surface area contributed by atoms with Crippen LogP contribution in [-0.4, -0.2) is 65.3 Å². The Morgan fingerprint density at radius 2 is 1.72 bits per heavy atom. The topological polar surface area (TPSA) is 93.9 Å². The van der Waals surface area contributed by atoms with E-state index in [-0.39, 0.29) is 16.9 Å². The zero-order chi connectivity index (χ0) is 22.9. The molecule has 0 bridgehead atoms. The Labute approximate surface area is 180 Å². The molecule has 0 amide bonds. The lowest BCUT2D eigenvalue weighted by atomic mass is 9.72. The molecule has 0 atom stereocenters. The second-order valence-corrected chi connectivity index (χ2v) is 7.98. The van der Waals surface area contributed by atoms with E-state index in [9.17, 15) is 22.0 Å². The maximum absolute atomic E-state index is 12.7. The van der Waals surface area contributed by atoms with Crippen molar-refractivity contribution in [3.8, 4) is 0 Å². The summed E-state index contributed by atoms with van der Waals surface area (Å²) in [5.74, 6) is 1.12. The van der Waals surface area contributed by atoms with Gasteiger partial charge in [0.05, 0.1) is 25.1 Å². The van der Waals surface area contributed by atoms with Crippen LogP contribution in [0.2, 0.25) is 0 Å². The van der Waals surface area contributed by atoms with Crippen molar-refractivity contribution in [2.75, 3.05) is 47.8 Å². The molecular formula is C19H21F5N8. The minimum Gasteiger partial charge on any atom is -0.362 e. The third-order valence-electron chi connectivity index (χ3n) is 5.80. The van der Waals surface area contributed by atoms with Crippen LogP contribution in [-0.2, 0) is 6.18 Å². The van der Waals surface area contributed by atoms with Crippen molar-refractivity contribution in [2.24, 2.45) is 5.41 Å².